The standard InChI is InChI=1S/C26H28O13/c1-34-24-22(31)25(33)39-26(23(24)32)38-12-4-2-11(3-5-12)14-9-35-18-7-13(6-16(28)20(18)21(14)30)37-19-8-15(27)17(29)10-36-19/h2-7,9,15,17,19,22-29,31-33H,8,10H2,1H3. The van der Waals surface area contributed by atoms with E-state index in [1.807, 2.05) is 0 Å². The summed E-state index contributed by atoms with van der Waals surface area (Å²) < 4.78 is 32.3. The molecule has 2 aliphatic rings. The zero-order chi connectivity index (χ0) is 27.8. The second-order valence-corrected chi connectivity index (χ2v) is 9.26. The lowest BCUT2D eigenvalue weighted by Crippen LogP contribution is -2.59. The third-order valence-electron chi connectivity index (χ3n) is 6.64. The van der Waals surface area contributed by atoms with Gasteiger partial charge in [0.15, 0.2) is 6.29 Å². The molecule has 2 aromatic carbocycles. The summed E-state index contributed by atoms with van der Waals surface area (Å²) in [5.74, 6) is -0.00332. The molecule has 0 saturated carbocycles. The Morgan fingerprint density at radius 2 is 1.67 bits per heavy atom. The lowest BCUT2D eigenvalue weighted by Gasteiger charge is -2.39. The average molecular weight is 548 g/mol. The van der Waals surface area contributed by atoms with Gasteiger partial charge in [-0.2, -0.15) is 0 Å². The number of ether oxygens (including phenoxy) is 5. The van der Waals surface area contributed by atoms with E-state index < -0.39 is 54.8 Å². The molecule has 5 rings (SSSR count). The first-order chi connectivity index (χ1) is 18.7. The molecule has 2 aliphatic heterocycles. The summed E-state index contributed by atoms with van der Waals surface area (Å²) in [7, 11) is 1.27. The molecule has 8 unspecified atom stereocenters. The van der Waals surface area contributed by atoms with Gasteiger partial charge in [-0.1, -0.05) is 12.1 Å². The van der Waals surface area contributed by atoms with Crippen molar-refractivity contribution in [3.05, 3.63) is 52.9 Å². The molecule has 3 aromatic rings. The maximum atomic E-state index is 13.2. The first kappa shape index (κ1) is 27.3. The molecule has 6 N–H and O–H groups in total. The predicted molar refractivity (Wildman–Crippen MR) is 131 cm³/mol. The van der Waals surface area contributed by atoms with E-state index in [0.29, 0.717) is 5.56 Å². The molecule has 13 nitrogen and oxygen atoms in total. The third-order valence-corrected chi connectivity index (χ3v) is 6.64. The second-order valence-electron chi connectivity index (χ2n) is 9.26. The van der Waals surface area contributed by atoms with Gasteiger partial charge in [0.1, 0.15) is 58.9 Å². The number of aliphatic hydroxyl groups excluding tert-OH is 5. The summed E-state index contributed by atoms with van der Waals surface area (Å²) in [6.07, 6.45) is -8.57. The smallest absolute Gasteiger partial charge is 0.231 e. The molecule has 0 bridgehead atoms. The minimum atomic E-state index is -1.63. The van der Waals surface area contributed by atoms with Crippen LogP contribution in [0.25, 0.3) is 22.1 Å². The van der Waals surface area contributed by atoms with Gasteiger partial charge in [0.05, 0.1) is 18.3 Å². The number of fused-ring (bicyclic) bond motifs is 1. The van der Waals surface area contributed by atoms with Crippen LogP contribution in [0.5, 0.6) is 17.2 Å². The van der Waals surface area contributed by atoms with Crippen molar-refractivity contribution in [3.8, 4) is 28.4 Å². The zero-order valence-corrected chi connectivity index (χ0v) is 20.6. The fraction of sp³-hybridized carbons (Fsp3) is 0.423. The van der Waals surface area contributed by atoms with Crippen molar-refractivity contribution in [2.75, 3.05) is 13.7 Å². The maximum absolute atomic E-state index is 13.2. The number of aliphatic hydroxyl groups is 5. The molecule has 0 amide bonds. The van der Waals surface area contributed by atoms with Gasteiger partial charge in [-0.3, -0.25) is 4.79 Å². The summed E-state index contributed by atoms with van der Waals surface area (Å²) in [6, 6.07) is 8.74. The fourth-order valence-electron chi connectivity index (χ4n) is 4.49. The van der Waals surface area contributed by atoms with E-state index in [1.165, 1.54) is 37.6 Å². The molecule has 13 heteroatoms. The molecule has 2 saturated heterocycles. The number of rotatable bonds is 6. The Bertz CT molecular complexity index is 1360. The van der Waals surface area contributed by atoms with Crippen molar-refractivity contribution in [3.63, 3.8) is 0 Å². The van der Waals surface area contributed by atoms with Gasteiger partial charge >= 0.3 is 0 Å². The van der Waals surface area contributed by atoms with Gasteiger partial charge in [0.2, 0.25) is 18.0 Å². The molecule has 0 spiro atoms. The Hall–Kier alpha value is -3.27. The first-order valence-corrected chi connectivity index (χ1v) is 12.1. The molecule has 0 aliphatic carbocycles. The molecule has 3 heterocycles. The van der Waals surface area contributed by atoms with Crippen LogP contribution in [-0.2, 0) is 14.2 Å². The summed E-state index contributed by atoms with van der Waals surface area (Å²) in [4.78, 5) is 13.2. The SMILES string of the molecule is COC1C(O)C(O)OC(Oc2ccc(-c3coc4cc(OC5CC(O)C(O)CO5)cc(O)c4c3=O)cc2)C1O. The molecule has 1 aromatic heterocycles. The van der Waals surface area contributed by atoms with Gasteiger partial charge in [-0.15, -0.1) is 0 Å². The van der Waals surface area contributed by atoms with Crippen molar-refractivity contribution >= 4 is 11.0 Å². The van der Waals surface area contributed by atoms with E-state index in [4.69, 9.17) is 28.1 Å². The Labute approximate surface area is 220 Å². The van der Waals surface area contributed by atoms with E-state index in [1.54, 1.807) is 12.1 Å². The lowest BCUT2D eigenvalue weighted by molar-refractivity contribution is -0.324. The number of methoxy groups -OCH3 is 1. The van der Waals surface area contributed by atoms with Gasteiger partial charge in [0, 0.05) is 25.7 Å². The second kappa shape index (κ2) is 11.1. The summed E-state index contributed by atoms with van der Waals surface area (Å²) in [6.45, 7) is -0.110. The number of phenols is 1. The quantitative estimate of drug-likeness (QED) is 0.237. The largest absolute Gasteiger partial charge is 0.507 e. The molecule has 0 radical (unpaired) electrons. The van der Waals surface area contributed by atoms with Crippen LogP contribution in [0, 0.1) is 0 Å². The van der Waals surface area contributed by atoms with E-state index in [-0.39, 0.29) is 46.8 Å². The molecule has 2 fully saturated rings. The van der Waals surface area contributed by atoms with Gasteiger partial charge in [-0.05, 0) is 17.7 Å². The number of hydrogen-bond acceptors (Lipinski definition) is 13. The van der Waals surface area contributed by atoms with Crippen molar-refractivity contribution < 1.29 is 58.7 Å². The molecular formula is C26H28O13. The first-order valence-electron chi connectivity index (χ1n) is 12.1. The zero-order valence-electron chi connectivity index (χ0n) is 20.6. The van der Waals surface area contributed by atoms with Crippen LogP contribution in [0.4, 0.5) is 0 Å². The van der Waals surface area contributed by atoms with Gasteiger partial charge in [-0.25, -0.2) is 0 Å². The van der Waals surface area contributed by atoms with Crippen LogP contribution in [-0.4, -0.2) is 93.7 Å². The maximum Gasteiger partial charge on any atom is 0.231 e. The minimum Gasteiger partial charge on any atom is -0.507 e. The van der Waals surface area contributed by atoms with Crippen molar-refractivity contribution in [2.24, 2.45) is 0 Å². The molecule has 210 valence electrons. The highest BCUT2D eigenvalue weighted by atomic mass is 16.7. The van der Waals surface area contributed by atoms with E-state index in [0.717, 1.165) is 0 Å². The van der Waals surface area contributed by atoms with Gasteiger partial charge in [0.25, 0.3) is 0 Å². The van der Waals surface area contributed by atoms with Crippen molar-refractivity contribution in [2.45, 2.75) is 55.8 Å². The van der Waals surface area contributed by atoms with Crippen LogP contribution in [0.15, 0.2) is 51.9 Å². The highest BCUT2D eigenvalue weighted by Crippen LogP contribution is 2.32. The Balaban J connectivity index is 1.34. The van der Waals surface area contributed by atoms with Crippen LogP contribution < -0.4 is 14.9 Å². The Kier molecular flexibility index (Phi) is 7.75. The topological polar surface area (TPSA) is 198 Å². The number of hydrogen-bond donors (Lipinski definition) is 6. The summed E-state index contributed by atoms with van der Waals surface area (Å²) in [5, 5.41) is 60.0. The third kappa shape index (κ3) is 5.44. The average Bonchev–Trinajstić information content (AvgIpc) is 2.90. The predicted octanol–water partition coefficient (Wildman–Crippen LogP) is -0.197. The van der Waals surface area contributed by atoms with Crippen molar-refractivity contribution in [1.29, 1.82) is 0 Å². The lowest BCUT2D eigenvalue weighted by atomic mass is 10.0. The summed E-state index contributed by atoms with van der Waals surface area (Å²) >= 11 is 0. The Morgan fingerprint density at radius 3 is 2.36 bits per heavy atom. The molecular weight excluding hydrogens is 520 g/mol. The number of aromatic hydroxyl groups is 1. The molecule has 39 heavy (non-hydrogen) atoms. The van der Waals surface area contributed by atoms with Crippen molar-refractivity contribution in [1.82, 2.24) is 0 Å². The van der Waals surface area contributed by atoms with E-state index in [2.05, 4.69) is 0 Å². The molecule has 8 atom stereocenters. The number of phenolic OH excluding ortho intramolecular Hbond substituents is 1. The van der Waals surface area contributed by atoms with E-state index in [9.17, 15) is 35.4 Å². The summed E-state index contributed by atoms with van der Waals surface area (Å²) in [5.41, 5.74) is 0.147. The Morgan fingerprint density at radius 1 is 0.923 bits per heavy atom. The van der Waals surface area contributed by atoms with E-state index >= 15 is 0 Å². The van der Waals surface area contributed by atoms with Crippen LogP contribution in [0.1, 0.15) is 6.42 Å². The number of benzene rings is 2. The fourth-order valence-corrected chi connectivity index (χ4v) is 4.49. The van der Waals surface area contributed by atoms with Crippen LogP contribution in [0.3, 0.4) is 0 Å². The minimum absolute atomic E-state index is 0.0177. The van der Waals surface area contributed by atoms with Crippen LogP contribution in [0.2, 0.25) is 0 Å². The monoisotopic (exact) mass is 548 g/mol. The normalized spacial score (nSPS) is 31.2. The van der Waals surface area contributed by atoms with Crippen LogP contribution >= 0.6 is 0 Å². The van der Waals surface area contributed by atoms with Gasteiger partial charge < -0.3 is 58.7 Å². The highest BCUT2D eigenvalue weighted by molar-refractivity contribution is 5.88. The highest BCUT2D eigenvalue weighted by Gasteiger charge is 2.45.